The summed E-state index contributed by atoms with van der Waals surface area (Å²) in [4.78, 5) is 0. The first-order valence-corrected chi connectivity index (χ1v) is 7.49. The molecule has 1 N–H and O–H groups in total. The first-order valence-electron chi connectivity index (χ1n) is 6.69. The maximum atomic E-state index is 3.60. The molecule has 0 atom stereocenters. The lowest BCUT2D eigenvalue weighted by molar-refractivity contribution is 0.130. The van der Waals surface area contributed by atoms with Crippen molar-refractivity contribution in [3.05, 3.63) is 34.3 Å². The van der Waals surface area contributed by atoms with Gasteiger partial charge in [0.1, 0.15) is 0 Å². The Bertz CT molecular complexity index is 340. The van der Waals surface area contributed by atoms with E-state index in [4.69, 9.17) is 0 Å². The van der Waals surface area contributed by atoms with E-state index in [0.717, 1.165) is 6.54 Å². The van der Waals surface area contributed by atoms with Crippen LogP contribution in [0.3, 0.4) is 0 Å². The zero-order chi connectivity index (χ0) is 12.1. The van der Waals surface area contributed by atoms with Crippen LogP contribution in [0.15, 0.2) is 28.7 Å². The fraction of sp³-hybridized carbons (Fsp3) is 0.600. The topological polar surface area (TPSA) is 12.0 Å². The zero-order valence-electron chi connectivity index (χ0n) is 10.6. The van der Waals surface area contributed by atoms with Gasteiger partial charge in [0.05, 0.1) is 0 Å². The minimum Gasteiger partial charge on any atom is -0.316 e. The summed E-state index contributed by atoms with van der Waals surface area (Å²) >= 11 is 3.50. The SMILES string of the molecule is CCCNCC1(Cc2ccc(Br)cc2)CCC1. The van der Waals surface area contributed by atoms with E-state index >= 15 is 0 Å². The maximum absolute atomic E-state index is 3.60. The third kappa shape index (κ3) is 3.56. The highest BCUT2D eigenvalue weighted by Crippen LogP contribution is 2.43. The molecule has 2 rings (SSSR count). The lowest BCUT2D eigenvalue weighted by Gasteiger charge is -2.42. The normalized spacial score (nSPS) is 17.8. The molecule has 0 bridgehead atoms. The van der Waals surface area contributed by atoms with Gasteiger partial charge in [0.2, 0.25) is 0 Å². The third-order valence-electron chi connectivity index (χ3n) is 3.83. The van der Waals surface area contributed by atoms with Crippen LogP contribution in [-0.2, 0) is 6.42 Å². The molecule has 17 heavy (non-hydrogen) atoms. The minimum atomic E-state index is 0.545. The molecule has 1 fully saturated rings. The lowest BCUT2D eigenvalue weighted by Crippen LogP contribution is -2.41. The van der Waals surface area contributed by atoms with Crippen LogP contribution >= 0.6 is 15.9 Å². The summed E-state index contributed by atoms with van der Waals surface area (Å²) in [6.07, 6.45) is 6.65. The van der Waals surface area contributed by atoms with Crippen LogP contribution in [-0.4, -0.2) is 13.1 Å². The molecule has 1 aliphatic carbocycles. The van der Waals surface area contributed by atoms with E-state index in [9.17, 15) is 0 Å². The van der Waals surface area contributed by atoms with E-state index in [-0.39, 0.29) is 0 Å². The average Bonchev–Trinajstić information content (AvgIpc) is 2.29. The first-order chi connectivity index (χ1) is 8.24. The van der Waals surface area contributed by atoms with Gasteiger partial charge in [0.15, 0.2) is 0 Å². The van der Waals surface area contributed by atoms with Crippen molar-refractivity contribution in [1.82, 2.24) is 5.32 Å². The molecule has 0 aliphatic heterocycles. The Kier molecular flexibility index (Phi) is 4.63. The smallest absolute Gasteiger partial charge is 0.0175 e. The van der Waals surface area contributed by atoms with Gasteiger partial charge in [-0.3, -0.25) is 0 Å². The van der Waals surface area contributed by atoms with Crippen molar-refractivity contribution in [2.24, 2.45) is 5.41 Å². The number of rotatable bonds is 6. The predicted octanol–water partition coefficient (Wildman–Crippen LogP) is 4.16. The van der Waals surface area contributed by atoms with Gasteiger partial charge in [-0.2, -0.15) is 0 Å². The van der Waals surface area contributed by atoms with Gasteiger partial charge < -0.3 is 5.32 Å². The molecule has 2 heteroatoms. The summed E-state index contributed by atoms with van der Waals surface area (Å²) in [5.74, 6) is 0. The molecule has 1 aliphatic rings. The van der Waals surface area contributed by atoms with E-state index in [2.05, 4.69) is 52.4 Å². The monoisotopic (exact) mass is 295 g/mol. The molecule has 0 spiro atoms. The van der Waals surface area contributed by atoms with Crippen molar-refractivity contribution in [3.8, 4) is 0 Å². The number of nitrogens with one attached hydrogen (secondary N) is 1. The minimum absolute atomic E-state index is 0.545. The zero-order valence-corrected chi connectivity index (χ0v) is 12.2. The molecule has 0 saturated heterocycles. The predicted molar refractivity (Wildman–Crippen MR) is 77.3 cm³/mol. The van der Waals surface area contributed by atoms with E-state index in [1.165, 1.54) is 48.7 Å². The molecule has 0 unspecified atom stereocenters. The number of benzene rings is 1. The summed E-state index contributed by atoms with van der Waals surface area (Å²) in [6.45, 7) is 4.58. The van der Waals surface area contributed by atoms with Gasteiger partial charge in [0.25, 0.3) is 0 Å². The number of halogens is 1. The Morgan fingerprint density at radius 2 is 1.94 bits per heavy atom. The van der Waals surface area contributed by atoms with E-state index in [1.807, 2.05) is 0 Å². The molecular weight excluding hydrogens is 274 g/mol. The van der Waals surface area contributed by atoms with E-state index < -0.39 is 0 Å². The molecular formula is C15H22BrN. The highest BCUT2D eigenvalue weighted by molar-refractivity contribution is 9.10. The Labute approximate surface area is 113 Å². The fourth-order valence-electron chi connectivity index (χ4n) is 2.66. The summed E-state index contributed by atoms with van der Waals surface area (Å²) in [6, 6.07) is 8.82. The van der Waals surface area contributed by atoms with Gasteiger partial charge in [-0.05, 0) is 55.3 Å². The van der Waals surface area contributed by atoms with Crippen molar-refractivity contribution in [2.75, 3.05) is 13.1 Å². The van der Waals surface area contributed by atoms with Crippen molar-refractivity contribution < 1.29 is 0 Å². The van der Waals surface area contributed by atoms with Crippen LogP contribution in [0.25, 0.3) is 0 Å². The van der Waals surface area contributed by atoms with Gasteiger partial charge in [-0.25, -0.2) is 0 Å². The fourth-order valence-corrected chi connectivity index (χ4v) is 2.92. The second kappa shape index (κ2) is 6.01. The van der Waals surface area contributed by atoms with Gasteiger partial charge in [0, 0.05) is 11.0 Å². The Morgan fingerprint density at radius 1 is 1.24 bits per heavy atom. The second-order valence-electron chi connectivity index (χ2n) is 5.33. The summed E-state index contributed by atoms with van der Waals surface area (Å²) < 4.78 is 1.17. The van der Waals surface area contributed by atoms with Crippen molar-refractivity contribution in [3.63, 3.8) is 0 Å². The Hall–Kier alpha value is -0.340. The van der Waals surface area contributed by atoms with Crippen LogP contribution < -0.4 is 5.32 Å². The molecule has 94 valence electrons. The molecule has 0 aromatic heterocycles. The Morgan fingerprint density at radius 3 is 2.47 bits per heavy atom. The van der Waals surface area contributed by atoms with Crippen LogP contribution in [0.2, 0.25) is 0 Å². The Balaban J connectivity index is 1.92. The largest absolute Gasteiger partial charge is 0.316 e. The summed E-state index contributed by atoms with van der Waals surface area (Å²) in [5.41, 5.74) is 2.02. The highest BCUT2D eigenvalue weighted by atomic mass is 79.9. The molecule has 1 saturated carbocycles. The van der Waals surface area contributed by atoms with Crippen LogP contribution in [0, 0.1) is 5.41 Å². The molecule has 0 heterocycles. The lowest BCUT2D eigenvalue weighted by atomic mass is 9.65. The molecule has 1 aromatic rings. The van der Waals surface area contributed by atoms with E-state index in [0.29, 0.717) is 5.41 Å². The standard InChI is InChI=1S/C15H22BrN/c1-2-10-17-12-15(8-3-9-15)11-13-4-6-14(16)7-5-13/h4-7,17H,2-3,8-12H2,1H3. The van der Waals surface area contributed by atoms with E-state index in [1.54, 1.807) is 0 Å². The summed E-state index contributed by atoms with van der Waals surface area (Å²) in [5, 5.41) is 3.60. The first kappa shape index (κ1) is 13.1. The van der Waals surface area contributed by atoms with Crippen molar-refractivity contribution >= 4 is 15.9 Å². The summed E-state index contributed by atoms with van der Waals surface area (Å²) in [7, 11) is 0. The molecule has 0 amide bonds. The van der Waals surface area contributed by atoms with Crippen LogP contribution in [0.1, 0.15) is 38.2 Å². The maximum Gasteiger partial charge on any atom is 0.0175 e. The van der Waals surface area contributed by atoms with Crippen molar-refractivity contribution in [2.45, 2.75) is 39.0 Å². The number of hydrogen-bond acceptors (Lipinski definition) is 1. The van der Waals surface area contributed by atoms with Crippen molar-refractivity contribution in [1.29, 1.82) is 0 Å². The van der Waals surface area contributed by atoms with Gasteiger partial charge >= 0.3 is 0 Å². The van der Waals surface area contributed by atoms with Gasteiger partial charge in [-0.15, -0.1) is 0 Å². The number of hydrogen-bond donors (Lipinski definition) is 1. The van der Waals surface area contributed by atoms with Crippen LogP contribution in [0.5, 0.6) is 0 Å². The second-order valence-corrected chi connectivity index (χ2v) is 6.25. The third-order valence-corrected chi connectivity index (χ3v) is 4.36. The molecule has 0 radical (unpaired) electrons. The quantitative estimate of drug-likeness (QED) is 0.777. The molecule has 1 aromatic carbocycles. The highest BCUT2D eigenvalue weighted by Gasteiger charge is 2.36. The average molecular weight is 296 g/mol. The van der Waals surface area contributed by atoms with Crippen LogP contribution in [0.4, 0.5) is 0 Å². The van der Waals surface area contributed by atoms with Gasteiger partial charge in [-0.1, -0.05) is 41.4 Å². The molecule has 1 nitrogen and oxygen atoms in total.